The van der Waals surface area contributed by atoms with Crippen molar-refractivity contribution < 1.29 is 9.53 Å². The van der Waals surface area contributed by atoms with Crippen LogP contribution in [0, 0.1) is 5.92 Å². The van der Waals surface area contributed by atoms with Crippen LogP contribution >= 0.6 is 0 Å². The van der Waals surface area contributed by atoms with Gasteiger partial charge in [-0.15, -0.1) is 0 Å². The summed E-state index contributed by atoms with van der Waals surface area (Å²) in [6.45, 7) is 2.49. The monoisotopic (exact) mass is 350 g/mol. The second-order valence-corrected chi connectivity index (χ2v) is 6.83. The molecule has 0 unspecified atom stereocenters. The first-order valence-corrected chi connectivity index (χ1v) is 9.33. The number of carbonyl (C=O) groups is 1. The van der Waals surface area contributed by atoms with Gasteiger partial charge in [-0.05, 0) is 55.5 Å². The molecule has 4 nitrogen and oxygen atoms in total. The van der Waals surface area contributed by atoms with Crippen LogP contribution in [0.15, 0.2) is 59.7 Å². The van der Waals surface area contributed by atoms with Crippen molar-refractivity contribution in [3.8, 4) is 5.75 Å². The summed E-state index contributed by atoms with van der Waals surface area (Å²) in [6.07, 6.45) is 6.20. The molecule has 0 aromatic heterocycles. The molecule has 1 N–H and O–H groups in total. The standard InChI is InChI=1S/C22H26N2O2/c1-17(19-8-4-2-5-9-19)23-24-22(25)20-14-12-18(13-15-20)16-26-21-10-6-3-7-11-21/h3,6-7,10-15,19H,2,4-5,8-9,16H2,1H3,(H,24,25)/b23-17-. The summed E-state index contributed by atoms with van der Waals surface area (Å²) in [6, 6.07) is 17.1. The number of rotatable bonds is 6. The van der Waals surface area contributed by atoms with E-state index in [4.69, 9.17) is 4.74 Å². The van der Waals surface area contributed by atoms with Crippen LogP contribution < -0.4 is 10.2 Å². The Morgan fingerprint density at radius 1 is 1.04 bits per heavy atom. The van der Waals surface area contributed by atoms with E-state index in [1.807, 2.05) is 61.5 Å². The zero-order chi connectivity index (χ0) is 18.2. The molecule has 1 aliphatic rings. The molecule has 1 aliphatic carbocycles. The minimum Gasteiger partial charge on any atom is -0.489 e. The molecular weight excluding hydrogens is 324 g/mol. The number of para-hydroxylation sites is 1. The van der Waals surface area contributed by atoms with Gasteiger partial charge in [0.1, 0.15) is 12.4 Å². The van der Waals surface area contributed by atoms with Gasteiger partial charge in [0, 0.05) is 11.3 Å². The summed E-state index contributed by atoms with van der Waals surface area (Å²) in [4.78, 5) is 12.3. The maximum absolute atomic E-state index is 12.3. The molecule has 4 heteroatoms. The fourth-order valence-corrected chi connectivity index (χ4v) is 3.25. The Bertz CT molecular complexity index is 732. The van der Waals surface area contributed by atoms with Crippen LogP contribution in [0.5, 0.6) is 5.75 Å². The smallest absolute Gasteiger partial charge is 0.271 e. The minimum absolute atomic E-state index is 0.171. The predicted molar refractivity (Wildman–Crippen MR) is 104 cm³/mol. The van der Waals surface area contributed by atoms with Crippen LogP contribution in [-0.4, -0.2) is 11.6 Å². The van der Waals surface area contributed by atoms with Crippen LogP contribution in [0.25, 0.3) is 0 Å². The van der Waals surface area contributed by atoms with Crippen molar-refractivity contribution in [2.75, 3.05) is 0 Å². The number of hydrogen-bond acceptors (Lipinski definition) is 3. The van der Waals surface area contributed by atoms with Crippen molar-refractivity contribution in [2.45, 2.75) is 45.6 Å². The minimum atomic E-state index is -0.171. The number of benzene rings is 2. The van der Waals surface area contributed by atoms with Crippen molar-refractivity contribution >= 4 is 11.6 Å². The third-order valence-electron chi connectivity index (χ3n) is 4.89. The molecule has 2 aromatic carbocycles. The number of amides is 1. The van der Waals surface area contributed by atoms with E-state index in [-0.39, 0.29) is 5.91 Å². The van der Waals surface area contributed by atoms with Gasteiger partial charge < -0.3 is 4.74 Å². The van der Waals surface area contributed by atoms with Gasteiger partial charge in [0.15, 0.2) is 0 Å². The van der Waals surface area contributed by atoms with Crippen LogP contribution in [0.2, 0.25) is 0 Å². The second kappa shape index (κ2) is 9.18. The van der Waals surface area contributed by atoms with Gasteiger partial charge in [-0.25, -0.2) is 5.43 Å². The van der Waals surface area contributed by atoms with Gasteiger partial charge in [-0.3, -0.25) is 4.79 Å². The number of ether oxygens (including phenoxy) is 1. The quantitative estimate of drug-likeness (QED) is 0.592. The van der Waals surface area contributed by atoms with E-state index in [0.29, 0.717) is 18.1 Å². The topological polar surface area (TPSA) is 50.7 Å². The highest BCUT2D eigenvalue weighted by Gasteiger charge is 2.16. The summed E-state index contributed by atoms with van der Waals surface area (Å²) in [7, 11) is 0. The van der Waals surface area contributed by atoms with E-state index in [9.17, 15) is 4.79 Å². The zero-order valence-corrected chi connectivity index (χ0v) is 15.3. The van der Waals surface area contributed by atoms with Crippen molar-refractivity contribution in [1.29, 1.82) is 0 Å². The molecule has 2 aromatic rings. The number of nitrogens with zero attached hydrogens (tertiary/aromatic N) is 1. The number of hydrazone groups is 1. The van der Waals surface area contributed by atoms with E-state index in [1.165, 1.54) is 32.1 Å². The molecular formula is C22H26N2O2. The van der Waals surface area contributed by atoms with Gasteiger partial charge in [-0.2, -0.15) is 5.10 Å². The molecule has 3 rings (SSSR count). The highest BCUT2D eigenvalue weighted by molar-refractivity contribution is 5.95. The molecule has 0 atom stereocenters. The average Bonchev–Trinajstić information content (AvgIpc) is 2.72. The van der Waals surface area contributed by atoms with E-state index < -0.39 is 0 Å². The summed E-state index contributed by atoms with van der Waals surface area (Å²) >= 11 is 0. The number of carbonyl (C=O) groups excluding carboxylic acids is 1. The Morgan fingerprint density at radius 3 is 2.42 bits per heavy atom. The first-order chi connectivity index (χ1) is 12.7. The highest BCUT2D eigenvalue weighted by Crippen LogP contribution is 2.24. The van der Waals surface area contributed by atoms with Gasteiger partial charge in [0.25, 0.3) is 5.91 Å². The molecule has 0 aliphatic heterocycles. The Kier molecular flexibility index (Phi) is 6.42. The van der Waals surface area contributed by atoms with E-state index in [1.54, 1.807) is 0 Å². The van der Waals surface area contributed by atoms with Crippen LogP contribution in [0.3, 0.4) is 0 Å². The molecule has 0 radical (unpaired) electrons. The lowest BCUT2D eigenvalue weighted by atomic mass is 9.86. The number of nitrogens with one attached hydrogen (secondary N) is 1. The Hall–Kier alpha value is -2.62. The lowest BCUT2D eigenvalue weighted by Crippen LogP contribution is -2.23. The summed E-state index contributed by atoms with van der Waals surface area (Å²) in [5, 5.41) is 4.31. The van der Waals surface area contributed by atoms with Gasteiger partial charge in [0.05, 0.1) is 0 Å². The van der Waals surface area contributed by atoms with Crippen LogP contribution in [0.4, 0.5) is 0 Å². The first kappa shape index (κ1) is 18.2. The summed E-state index contributed by atoms with van der Waals surface area (Å²) in [5.41, 5.74) is 5.35. The summed E-state index contributed by atoms with van der Waals surface area (Å²) in [5.74, 6) is 1.18. The molecule has 0 spiro atoms. The van der Waals surface area contributed by atoms with Crippen LogP contribution in [-0.2, 0) is 6.61 Å². The SMILES string of the molecule is C/C(=N/NC(=O)c1ccc(COc2ccccc2)cc1)C1CCCCC1. The fraction of sp³-hybridized carbons (Fsp3) is 0.364. The summed E-state index contributed by atoms with van der Waals surface area (Å²) < 4.78 is 5.72. The first-order valence-electron chi connectivity index (χ1n) is 9.33. The van der Waals surface area contributed by atoms with E-state index >= 15 is 0 Å². The van der Waals surface area contributed by atoms with Gasteiger partial charge in [-0.1, -0.05) is 49.6 Å². The van der Waals surface area contributed by atoms with Gasteiger partial charge in [0.2, 0.25) is 0 Å². The van der Waals surface area contributed by atoms with E-state index in [2.05, 4.69) is 10.5 Å². The van der Waals surface area contributed by atoms with Crippen molar-refractivity contribution in [3.05, 3.63) is 65.7 Å². The molecule has 0 bridgehead atoms. The van der Waals surface area contributed by atoms with Gasteiger partial charge >= 0.3 is 0 Å². The molecule has 1 fully saturated rings. The Morgan fingerprint density at radius 2 is 1.73 bits per heavy atom. The Labute approximate surface area is 155 Å². The zero-order valence-electron chi connectivity index (χ0n) is 15.3. The fourth-order valence-electron chi connectivity index (χ4n) is 3.25. The molecule has 0 heterocycles. The third-order valence-corrected chi connectivity index (χ3v) is 4.89. The maximum Gasteiger partial charge on any atom is 0.271 e. The average molecular weight is 350 g/mol. The largest absolute Gasteiger partial charge is 0.489 e. The molecule has 1 amide bonds. The second-order valence-electron chi connectivity index (χ2n) is 6.83. The number of hydrogen-bond donors (Lipinski definition) is 1. The molecule has 136 valence electrons. The Balaban J connectivity index is 1.51. The highest BCUT2D eigenvalue weighted by atomic mass is 16.5. The van der Waals surface area contributed by atoms with Crippen LogP contribution in [0.1, 0.15) is 54.9 Å². The third kappa shape index (κ3) is 5.19. The van der Waals surface area contributed by atoms with Crippen molar-refractivity contribution in [2.24, 2.45) is 11.0 Å². The molecule has 26 heavy (non-hydrogen) atoms. The normalized spacial score (nSPS) is 15.5. The molecule has 1 saturated carbocycles. The predicted octanol–water partition coefficient (Wildman–Crippen LogP) is 4.95. The lowest BCUT2D eigenvalue weighted by molar-refractivity contribution is 0.0954. The molecule has 0 saturated heterocycles. The van der Waals surface area contributed by atoms with Crippen molar-refractivity contribution in [3.63, 3.8) is 0 Å². The lowest BCUT2D eigenvalue weighted by Gasteiger charge is -2.21. The maximum atomic E-state index is 12.3. The van der Waals surface area contributed by atoms with E-state index in [0.717, 1.165) is 17.0 Å². The van der Waals surface area contributed by atoms with Crippen molar-refractivity contribution in [1.82, 2.24) is 5.43 Å².